The van der Waals surface area contributed by atoms with Gasteiger partial charge in [-0.05, 0) is 39.7 Å². The third-order valence-electron chi connectivity index (χ3n) is 5.55. The summed E-state index contributed by atoms with van der Waals surface area (Å²) in [5.41, 5.74) is 0.426. The Morgan fingerprint density at radius 1 is 1.26 bits per heavy atom. The normalized spacial score (nSPS) is 23.0. The van der Waals surface area contributed by atoms with Crippen LogP contribution in [0.1, 0.15) is 48.7 Å². The SMILES string of the molecule is Cc1c(F)c(N2CC(C)NC(C)C2)cc2c1c(=O)c(C(=O)O)cn2C1CC1. The molecule has 0 amide bonds. The number of hydrogen-bond acceptors (Lipinski definition) is 4. The summed E-state index contributed by atoms with van der Waals surface area (Å²) in [6, 6.07) is 2.35. The summed E-state index contributed by atoms with van der Waals surface area (Å²) in [5, 5.41) is 13.0. The van der Waals surface area contributed by atoms with Crippen molar-refractivity contribution in [3.8, 4) is 0 Å². The van der Waals surface area contributed by atoms with Gasteiger partial charge in [0.05, 0.1) is 16.6 Å². The van der Waals surface area contributed by atoms with E-state index in [1.807, 2.05) is 9.47 Å². The predicted octanol–water partition coefficient (Wildman–Crippen LogP) is 2.67. The maximum atomic E-state index is 15.3. The van der Waals surface area contributed by atoms with Crippen molar-refractivity contribution < 1.29 is 14.3 Å². The lowest BCUT2D eigenvalue weighted by molar-refractivity contribution is 0.0695. The average Bonchev–Trinajstić information content (AvgIpc) is 3.41. The fourth-order valence-corrected chi connectivity index (χ4v) is 4.21. The predicted molar refractivity (Wildman–Crippen MR) is 102 cm³/mol. The largest absolute Gasteiger partial charge is 0.477 e. The van der Waals surface area contributed by atoms with Gasteiger partial charge >= 0.3 is 5.97 Å². The van der Waals surface area contributed by atoms with E-state index >= 15 is 4.39 Å². The van der Waals surface area contributed by atoms with Crippen molar-refractivity contribution in [1.82, 2.24) is 9.88 Å². The number of pyridine rings is 1. The highest BCUT2D eigenvalue weighted by Gasteiger charge is 2.30. The molecule has 1 aliphatic carbocycles. The Labute approximate surface area is 156 Å². The zero-order chi connectivity index (χ0) is 19.5. The van der Waals surface area contributed by atoms with Gasteiger partial charge in [-0.2, -0.15) is 0 Å². The van der Waals surface area contributed by atoms with Crippen molar-refractivity contribution in [2.75, 3.05) is 18.0 Å². The molecule has 1 aromatic heterocycles. The first-order valence-electron chi connectivity index (χ1n) is 9.40. The van der Waals surface area contributed by atoms with Crippen LogP contribution in [0.2, 0.25) is 0 Å². The summed E-state index contributed by atoms with van der Waals surface area (Å²) in [6.45, 7) is 7.04. The van der Waals surface area contributed by atoms with Gasteiger partial charge in [-0.3, -0.25) is 4.79 Å². The summed E-state index contributed by atoms with van der Waals surface area (Å²) < 4.78 is 17.1. The molecule has 2 atom stereocenters. The number of piperazine rings is 1. The number of nitrogens with zero attached hydrogens (tertiary/aromatic N) is 2. The quantitative estimate of drug-likeness (QED) is 0.865. The average molecular weight is 373 g/mol. The number of aromatic nitrogens is 1. The molecule has 1 aliphatic heterocycles. The molecule has 2 N–H and O–H groups in total. The monoisotopic (exact) mass is 373 g/mol. The van der Waals surface area contributed by atoms with Gasteiger partial charge in [0.1, 0.15) is 11.4 Å². The van der Waals surface area contributed by atoms with E-state index in [0.29, 0.717) is 24.3 Å². The molecule has 0 bridgehead atoms. The van der Waals surface area contributed by atoms with Crippen LogP contribution in [0.5, 0.6) is 0 Å². The third-order valence-corrected chi connectivity index (χ3v) is 5.55. The van der Waals surface area contributed by atoms with Gasteiger partial charge in [0, 0.05) is 43.0 Å². The zero-order valence-electron chi connectivity index (χ0n) is 15.8. The lowest BCUT2D eigenvalue weighted by atomic mass is 10.0. The van der Waals surface area contributed by atoms with E-state index in [4.69, 9.17) is 0 Å². The standard InChI is InChI=1S/C20H24FN3O3/c1-10-7-23(8-11(2)22-10)16-6-15-17(12(3)18(16)21)19(25)14(20(26)27)9-24(15)13-4-5-13/h6,9-11,13,22H,4-5,7-8H2,1-3H3,(H,26,27). The number of benzene rings is 1. The fourth-order valence-electron chi connectivity index (χ4n) is 4.21. The van der Waals surface area contributed by atoms with Gasteiger partial charge in [-0.1, -0.05) is 0 Å². The number of fused-ring (bicyclic) bond motifs is 1. The number of carbonyl (C=O) groups is 1. The van der Waals surface area contributed by atoms with Crippen molar-refractivity contribution in [2.45, 2.75) is 51.7 Å². The first-order chi connectivity index (χ1) is 12.8. The van der Waals surface area contributed by atoms with Gasteiger partial charge in [-0.15, -0.1) is 0 Å². The van der Waals surface area contributed by atoms with Crippen molar-refractivity contribution in [1.29, 1.82) is 0 Å². The number of hydrogen-bond donors (Lipinski definition) is 2. The molecule has 1 saturated carbocycles. The molecule has 2 fully saturated rings. The highest BCUT2D eigenvalue weighted by molar-refractivity contribution is 5.95. The summed E-state index contributed by atoms with van der Waals surface area (Å²) in [7, 11) is 0. The Bertz CT molecular complexity index is 986. The zero-order valence-corrected chi connectivity index (χ0v) is 15.8. The summed E-state index contributed by atoms with van der Waals surface area (Å²) in [4.78, 5) is 26.3. The topological polar surface area (TPSA) is 74.6 Å². The van der Waals surface area contributed by atoms with Crippen LogP contribution in [-0.4, -0.2) is 40.8 Å². The molecule has 1 aromatic carbocycles. The second-order valence-corrected chi connectivity index (χ2v) is 7.92. The van der Waals surface area contributed by atoms with Crippen molar-refractivity contribution in [3.63, 3.8) is 0 Å². The maximum Gasteiger partial charge on any atom is 0.341 e. The molecule has 2 aromatic rings. The molecule has 6 nitrogen and oxygen atoms in total. The molecule has 144 valence electrons. The molecule has 2 heterocycles. The van der Waals surface area contributed by atoms with Gasteiger partial charge < -0.3 is 19.9 Å². The van der Waals surface area contributed by atoms with Crippen LogP contribution >= 0.6 is 0 Å². The Morgan fingerprint density at radius 3 is 2.44 bits per heavy atom. The molecule has 1 saturated heterocycles. The van der Waals surface area contributed by atoms with Crippen molar-refractivity contribution in [3.05, 3.63) is 39.4 Å². The summed E-state index contributed by atoms with van der Waals surface area (Å²) in [6.07, 6.45) is 3.30. The number of aromatic carboxylic acids is 1. The molecule has 7 heteroatoms. The van der Waals surface area contributed by atoms with E-state index in [1.54, 1.807) is 13.0 Å². The molecule has 2 aliphatic rings. The number of halogens is 1. The number of nitrogens with one attached hydrogen (secondary N) is 1. The van der Waals surface area contributed by atoms with Crippen LogP contribution in [0.4, 0.5) is 10.1 Å². The number of rotatable bonds is 3. The lowest BCUT2D eigenvalue weighted by Crippen LogP contribution is -2.54. The molecule has 27 heavy (non-hydrogen) atoms. The molecule has 4 rings (SSSR count). The molecular weight excluding hydrogens is 349 g/mol. The van der Waals surface area contributed by atoms with Crippen LogP contribution in [0.3, 0.4) is 0 Å². The Morgan fingerprint density at radius 2 is 1.89 bits per heavy atom. The first kappa shape index (κ1) is 18.0. The van der Waals surface area contributed by atoms with Gasteiger partial charge in [-0.25, -0.2) is 9.18 Å². The Kier molecular flexibility index (Phi) is 4.22. The fraction of sp³-hybridized carbons (Fsp3) is 0.500. The van der Waals surface area contributed by atoms with E-state index in [9.17, 15) is 14.7 Å². The molecular formula is C20H24FN3O3. The van der Waals surface area contributed by atoms with Gasteiger partial charge in [0.25, 0.3) is 0 Å². The number of carboxylic acids is 1. The number of anilines is 1. The van der Waals surface area contributed by atoms with Crippen LogP contribution in [0.25, 0.3) is 10.9 Å². The Hall–Kier alpha value is -2.41. The minimum Gasteiger partial charge on any atom is -0.477 e. The van der Waals surface area contributed by atoms with E-state index in [1.165, 1.54) is 6.20 Å². The summed E-state index contributed by atoms with van der Waals surface area (Å²) >= 11 is 0. The van der Waals surface area contributed by atoms with E-state index < -0.39 is 17.2 Å². The number of carboxylic acid groups (broad SMARTS) is 1. The maximum absolute atomic E-state index is 15.3. The van der Waals surface area contributed by atoms with Crippen LogP contribution in [0.15, 0.2) is 17.1 Å². The minimum atomic E-state index is -1.27. The molecule has 0 radical (unpaired) electrons. The lowest BCUT2D eigenvalue weighted by Gasteiger charge is -2.38. The van der Waals surface area contributed by atoms with E-state index in [2.05, 4.69) is 19.2 Å². The van der Waals surface area contributed by atoms with Crippen LogP contribution in [-0.2, 0) is 0 Å². The minimum absolute atomic E-state index is 0.171. The molecule has 0 spiro atoms. The van der Waals surface area contributed by atoms with E-state index in [0.717, 1.165) is 12.8 Å². The van der Waals surface area contributed by atoms with Crippen molar-refractivity contribution in [2.24, 2.45) is 0 Å². The second kappa shape index (κ2) is 6.34. The summed E-state index contributed by atoms with van der Waals surface area (Å²) in [5.74, 6) is -1.71. The highest BCUT2D eigenvalue weighted by atomic mass is 19.1. The number of aryl methyl sites for hydroxylation is 1. The van der Waals surface area contributed by atoms with Gasteiger partial charge in [0.15, 0.2) is 0 Å². The smallest absolute Gasteiger partial charge is 0.341 e. The van der Waals surface area contributed by atoms with Crippen LogP contribution < -0.4 is 15.6 Å². The first-order valence-corrected chi connectivity index (χ1v) is 9.40. The van der Waals surface area contributed by atoms with Crippen LogP contribution in [0, 0.1) is 12.7 Å². The molecule has 2 unspecified atom stereocenters. The van der Waals surface area contributed by atoms with Gasteiger partial charge in [0.2, 0.25) is 5.43 Å². The second-order valence-electron chi connectivity index (χ2n) is 7.92. The highest BCUT2D eigenvalue weighted by Crippen LogP contribution is 2.39. The van der Waals surface area contributed by atoms with Crippen molar-refractivity contribution >= 4 is 22.6 Å². The third kappa shape index (κ3) is 3.00. The van der Waals surface area contributed by atoms with E-state index in [-0.39, 0.29) is 34.6 Å². The Balaban J connectivity index is 1.97.